The van der Waals surface area contributed by atoms with Crippen LogP contribution in [-0.2, 0) is 0 Å². The summed E-state index contributed by atoms with van der Waals surface area (Å²) in [4.78, 5) is 0. The molecule has 0 spiro atoms. The number of benzene rings is 2. The van der Waals surface area contributed by atoms with Gasteiger partial charge in [-0.3, -0.25) is 11.5 Å². The first-order valence-corrected chi connectivity index (χ1v) is 6.12. The van der Waals surface area contributed by atoms with Gasteiger partial charge in [-0.1, -0.05) is 42.5 Å². The molecule has 0 saturated heterocycles. The molecule has 0 heterocycles. The smallest absolute Gasteiger partial charge is 0.165 e. The number of rotatable bonds is 4. The van der Waals surface area contributed by atoms with Crippen molar-refractivity contribution in [2.24, 2.45) is 11.5 Å². The molecular formula is C15H17N4+. The van der Waals surface area contributed by atoms with Crippen molar-refractivity contribution < 1.29 is 5.32 Å². The molecule has 2 aromatic carbocycles. The van der Waals surface area contributed by atoms with Gasteiger partial charge >= 0.3 is 0 Å². The third-order valence-electron chi connectivity index (χ3n) is 3.00. The Labute approximate surface area is 112 Å². The summed E-state index contributed by atoms with van der Waals surface area (Å²) in [6, 6.07) is 19.2. The summed E-state index contributed by atoms with van der Waals surface area (Å²) < 4.78 is 0. The third kappa shape index (κ3) is 3.39. The molecule has 2 rings (SSSR count). The average molecular weight is 253 g/mol. The highest BCUT2D eigenvalue weighted by atomic mass is 15.1. The number of hydrogen-bond donors (Lipinski definition) is 3. The standard InChI is InChI=1S/C15H16N4/c16-10-11-5-4-8-13(9-11)15(18)19-14(17)12-6-2-1-3-7-12/h1-9,14-15,19H,17-18H2/p+1. The fourth-order valence-electron chi connectivity index (χ4n) is 1.94. The second-order valence-electron chi connectivity index (χ2n) is 4.39. The molecule has 6 N–H and O–H groups in total. The highest BCUT2D eigenvalue weighted by molar-refractivity contribution is 5.33. The Morgan fingerprint density at radius 3 is 2.21 bits per heavy atom. The molecule has 0 radical (unpaired) electrons. The molecule has 0 amide bonds. The maximum atomic E-state index is 8.88. The van der Waals surface area contributed by atoms with Crippen LogP contribution in [0.5, 0.6) is 0 Å². The van der Waals surface area contributed by atoms with E-state index in [1.54, 1.807) is 12.1 Å². The van der Waals surface area contributed by atoms with Crippen molar-refractivity contribution >= 4 is 0 Å². The van der Waals surface area contributed by atoms with E-state index in [0.717, 1.165) is 11.1 Å². The Hall–Kier alpha value is -2.19. The van der Waals surface area contributed by atoms with Crippen molar-refractivity contribution in [3.8, 4) is 6.07 Å². The first-order chi connectivity index (χ1) is 9.20. The van der Waals surface area contributed by atoms with Crippen LogP contribution in [0.2, 0.25) is 0 Å². The van der Waals surface area contributed by atoms with Crippen LogP contribution in [0.4, 0.5) is 0 Å². The molecule has 19 heavy (non-hydrogen) atoms. The summed E-state index contributed by atoms with van der Waals surface area (Å²) >= 11 is 0. The van der Waals surface area contributed by atoms with Crippen LogP contribution in [0.25, 0.3) is 0 Å². The molecule has 0 aliphatic heterocycles. The molecule has 0 saturated carbocycles. The topological polar surface area (TPSA) is 92.4 Å². The summed E-state index contributed by atoms with van der Waals surface area (Å²) in [6.45, 7) is 0. The molecule has 2 unspecified atom stereocenters. The maximum Gasteiger partial charge on any atom is 0.165 e. The second kappa shape index (κ2) is 6.12. The van der Waals surface area contributed by atoms with Crippen molar-refractivity contribution in [2.45, 2.75) is 12.3 Å². The molecule has 2 atom stereocenters. The van der Waals surface area contributed by atoms with Crippen LogP contribution in [0, 0.1) is 11.3 Å². The lowest BCUT2D eigenvalue weighted by atomic mass is 10.1. The van der Waals surface area contributed by atoms with E-state index in [1.807, 2.05) is 47.8 Å². The van der Waals surface area contributed by atoms with Crippen molar-refractivity contribution in [3.05, 3.63) is 71.3 Å². The van der Waals surface area contributed by atoms with E-state index >= 15 is 0 Å². The first kappa shape index (κ1) is 13.2. The third-order valence-corrected chi connectivity index (χ3v) is 3.00. The molecule has 4 heteroatoms. The van der Waals surface area contributed by atoms with Crippen LogP contribution in [0.3, 0.4) is 0 Å². The van der Waals surface area contributed by atoms with Gasteiger partial charge in [0.05, 0.1) is 11.6 Å². The van der Waals surface area contributed by atoms with Gasteiger partial charge in [-0.25, -0.2) is 0 Å². The Morgan fingerprint density at radius 1 is 0.895 bits per heavy atom. The molecule has 0 aliphatic carbocycles. The second-order valence-corrected chi connectivity index (χ2v) is 4.39. The van der Waals surface area contributed by atoms with E-state index in [1.165, 1.54) is 0 Å². The zero-order valence-electron chi connectivity index (χ0n) is 10.5. The van der Waals surface area contributed by atoms with Crippen LogP contribution in [0.1, 0.15) is 29.0 Å². The van der Waals surface area contributed by atoms with E-state index in [4.69, 9.17) is 16.7 Å². The van der Waals surface area contributed by atoms with Gasteiger partial charge in [-0.15, -0.1) is 0 Å². The fourth-order valence-corrected chi connectivity index (χ4v) is 1.94. The Bertz CT molecular complexity index is 574. The molecule has 0 bridgehead atoms. The zero-order valence-corrected chi connectivity index (χ0v) is 10.5. The molecular weight excluding hydrogens is 236 g/mol. The van der Waals surface area contributed by atoms with Crippen molar-refractivity contribution in [3.63, 3.8) is 0 Å². The summed E-state index contributed by atoms with van der Waals surface area (Å²) in [5.74, 6) is 0. The normalized spacial score (nSPS) is 13.5. The summed E-state index contributed by atoms with van der Waals surface area (Å²) in [7, 11) is 0. The zero-order chi connectivity index (χ0) is 13.7. The SMILES string of the molecule is N#Cc1cccc(C(N)[NH2+]C(N)c2ccccc2)c1. The molecule has 0 fully saturated rings. The van der Waals surface area contributed by atoms with E-state index in [-0.39, 0.29) is 12.3 Å². The molecule has 2 aromatic rings. The van der Waals surface area contributed by atoms with Gasteiger partial charge in [0.1, 0.15) is 0 Å². The minimum absolute atomic E-state index is 0.220. The number of nitrogens with zero attached hydrogens (tertiary/aromatic N) is 1. The van der Waals surface area contributed by atoms with E-state index in [9.17, 15) is 0 Å². The van der Waals surface area contributed by atoms with Gasteiger partial charge in [0, 0.05) is 11.1 Å². The van der Waals surface area contributed by atoms with Gasteiger partial charge in [0.2, 0.25) is 0 Å². The minimum atomic E-state index is -0.288. The predicted octanol–water partition coefficient (Wildman–Crippen LogP) is 0.736. The van der Waals surface area contributed by atoms with Gasteiger partial charge in [0.15, 0.2) is 12.3 Å². The average Bonchev–Trinajstić information content (AvgIpc) is 2.48. The van der Waals surface area contributed by atoms with E-state index < -0.39 is 0 Å². The van der Waals surface area contributed by atoms with Gasteiger partial charge in [-0.05, 0) is 12.1 Å². The van der Waals surface area contributed by atoms with Gasteiger partial charge < -0.3 is 5.32 Å². The Kier molecular flexibility index (Phi) is 4.26. The number of nitriles is 1. The number of nitrogens with two attached hydrogens (primary N) is 3. The van der Waals surface area contributed by atoms with Crippen LogP contribution < -0.4 is 16.8 Å². The number of quaternary nitrogens is 1. The van der Waals surface area contributed by atoms with Crippen molar-refractivity contribution in [1.29, 1.82) is 5.26 Å². The highest BCUT2D eigenvalue weighted by Crippen LogP contribution is 2.09. The quantitative estimate of drug-likeness (QED) is 0.701. The number of hydrogen-bond acceptors (Lipinski definition) is 3. The fraction of sp³-hybridized carbons (Fsp3) is 0.133. The predicted molar refractivity (Wildman–Crippen MR) is 73.4 cm³/mol. The van der Waals surface area contributed by atoms with Crippen LogP contribution in [-0.4, -0.2) is 0 Å². The lowest BCUT2D eigenvalue weighted by Gasteiger charge is -2.17. The minimum Gasteiger partial charge on any atom is -0.309 e. The largest absolute Gasteiger partial charge is 0.309 e. The van der Waals surface area contributed by atoms with Crippen molar-refractivity contribution in [2.75, 3.05) is 0 Å². The Morgan fingerprint density at radius 2 is 1.53 bits per heavy atom. The Balaban J connectivity index is 2.08. The highest BCUT2D eigenvalue weighted by Gasteiger charge is 2.15. The lowest BCUT2D eigenvalue weighted by Crippen LogP contribution is -2.90. The van der Waals surface area contributed by atoms with Crippen LogP contribution in [0.15, 0.2) is 54.6 Å². The monoisotopic (exact) mass is 253 g/mol. The maximum absolute atomic E-state index is 8.88. The van der Waals surface area contributed by atoms with Gasteiger partial charge in [0.25, 0.3) is 0 Å². The lowest BCUT2D eigenvalue weighted by molar-refractivity contribution is -0.733. The summed E-state index contributed by atoms with van der Waals surface area (Å²) in [6.07, 6.45) is -0.509. The first-order valence-electron chi connectivity index (χ1n) is 6.12. The molecule has 4 nitrogen and oxygen atoms in total. The van der Waals surface area contributed by atoms with Crippen molar-refractivity contribution in [1.82, 2.24) is 0 Å². The van der Waals surface area contributed by atoms with Crippen LogP contribution >= 0.6 is 0 Å². The molecule has 0 aliphatic rings. The molecule has 0 aromatic heterocycles. The summed E-state index contributed by atoms with van der Waals surface area (Å²) in [5.41, 5.74) is 14.7. The molecule has 96 valence electrons. The van der Waals surface area contributed by atoms with E-state index in [2.05, 4.69) is 6.07 Å². The van der Waals surface area contributed by atoms with E-state index in [0.29, 0.717) is 5.56 Å². The summed E-state index contributed by atoms with van der Waals surface area (Å²) in [5, 5.41) is 10.8. The van der Waals surface area contributed by atoms with Gasteiger partial charge in [-0.2, -0.15) is 5.26 Å².